The van der Waals surface area contributed by atoms with Gasteiger partial charge in [-0.25, -0.2) is 9.36 Å². The molecule has 3 saturated heterocycles. The maximum absolute atomic E-state index is 12.5. The third kappa shape index (κ3) is 3.19. The van der Waals surface area contributed by atoms with Gasteiger partial charge < -0.3 is 9.84 Å². The quantitative estimate of drug-likeness (QED) is 0.521. The van der Waals surface area contributed by atoms with Crippen LogP contribution < -0.4 is 5.32 Å². The first kappa shape index (κ1) is 18.3. The van der Waals surface area contributed by atoms with Crippen molar-refractivity contribution in [3.05, 3.63) is 0 Å². The van der Waals surface area contributed by atoms with E-state index < -0.39 is 49.9 Å². The fraction of sp³-hybridized carbons (Fsp3) is 0.714. The van der Waals surface area contributed by atoms with E-state index in [2.05, 4.69) is 11.2 Å². The number of ether oxygens (including phenoxy) is 1. The van der Waals surface area contributed by atoms with Crippen molar-refractivity contribution in [2.24, 2.45) is 0 Å². The normalized spacial score (nSPS) is 41.4. The fourth-order valence-corrected chi connectivity index (χ4v) is 4.54. The second-order valence-corrected chi connectivity index (χ2v) is 7.79. The summed E-state index contributed by atoms with van der Waals surface area (Å²) in [6.07, 6.45) is 1.72. The van der Waals surface area contributed by atoms with Crippen molar-refractivity contribution in [2.45, 2.75) is 50.4 Å². The molecule has 5 atom stereocenters. The number of terminal acetylenes is 1. The average Bonchev–Trinajstić information content (AvgIpc) is 2.79. The Balaban J connectivity index is 1.85. The minimum Gasteiger partial charge on any atom is -0.371 e. The number of urea groups is 1. The van der Waals surface area contributed by atoms with Crippen LogP contribution in [-0.2, 0) is 27.7 Å². The van der Waals surface area contributed by atoms with Gasteiger partial charge in [0, 0.05) is 13.0 Å². The van der Waals surface area contributed by atoms with Gasteiger partial charge >= 0.3 is 13.9 Å². The van der Waals surface area contributed by atoms with Gasteiger partial charge in [-0.3, -0.25) is 28.6 Å². The van der Waals surface area contributed by atoms with Crippen LogP contribution in [0.1, 0.15) is 20.3 Å². The molecule has 11 heteroatoms. The number of aliphatic hydroxyl groups is 1. The summed E-state index contributed by atoms with van der Waals surface area (Å²) in [4.78, 5) is 24.5. The van der Waals surface area contributed by atoms with Gasteiger partial charge in [-0.05, 0) is 13.8 Å². The molecule has 2 N–H and O–H groups in total. The lowest BCUT2D eigenvalue weighted by molar-refractivity contribution is -0.128. The molecule has 0 radical (unpaired) electrons. The molecule has 3 aliphatic heterocycles. The van der Waals surface area contributed by atoms with Gasteiger partial charge in [0.15, 0.2) is 11.8 Å². The minimum atomic E-state index is -3.93. The van der Waals surface area contributed by atoms with Gasteiger partial charge in [-0.15, -0.1) is 6.42 Å². The SMILES string of the molecule is C#C[C@@]1(O)[C@@H]2OP(=O)(OC(C)C)OC[C@H]2O[C@H]1N1CCC(=O)NC1=O. The number of carbonyl (C=O) groups excluding carboxylic acids is 2. The van der Waals surface area contributed by atoms with Gasteiger partial charge in [0.25, 0.3) is 0 Å². The molecule has 3 fully saturated rings. The fourth-order valence-electron chi connectivity index (χ4n) is 2.95. The number of hydrogen-bond acceptors (Lipinski definition) is 8. The van der Waals surface area contributed by atoms with Crippen molar-refractivity contribution in [2.75, 3.05) is 13.2 Å². The lowest BCUT2D eigenvalue weighted by Crippen LogP contribution is -2.61. The molecule has 3 aliphatic rings. The Kier molecular flexibility index (Phi) is 4.66. The topological polar surface area (TPSA) is 124 Å². The Morgan fingerprint density at radius 2 is 2.24 bits per heavy atom. The molecule has 25 heavy (non-hydrogen) atoms. The third-order valence-corrected chi connectivity index (χ3v) is 5.66. The number of phosphoric ester groups is 1. The summed E-state index contributed by atoms with van der Waals surface area (Å²) in [5.41, 5.74) is -2.08. The Morgan fingerprint density at radius 1 is 1.52 bits per heavy atom. The molecule has 138 valence electrons. The zero-order valence-electron chi connectivity index (χ0n) is 13.7. The molecule has 3 rings (SSSR count). The first-order chi connectivity index (χ1) is 11.7. The second-order valence-electron chi connectivity index (χ2n) is 6.22. The minimum absolute atomic E-state index is 0.0137. The highest BCUT2D eigenvalue weighted by Crippen LogP contribution is 2.58. The number of amides is 3. The summed E-state index contributed by atoms with van der Waals surface area (Å²) in [6.45, 7) is 3.12. The molecule has 10 nitrogen and oxygen atoms in total. The Hall–Kier alpha value is -1.47. The predicted octanol–water partition coefficient (Wildman–Crippen LogP) is -0.0340. The van der Waals surface area contributed by atoms with E-state index in [4.69, 9.17) is 24.7 Å². The van der Waals surface area contributed by atoms with Gasteiger partial charge in [0.05, 0.1) is 12.7 Å². The van der Waals surface area contributed by atoms with E-state index in [0.717, 1.165) is 4.90 Å². The average molecular weight is 374 g/mol. The zero-order chi connectivity index (χ0) is 18.4. The van der Waals surface area contributed by atoms with Gasteiger partial charge in [-0.1, -0.05) is 5.92 Å². The van der Waals surface area contributed by atoms with Crippen molar-refractivity contribution >= 4 is 19.8 Å². The molecule has 0 aromatic heterocycles. The van der Waals surface area contributed by atoms with Gasteiger partial charge in [-0.2, -0.15) is 0 Å². The van der Waals surface area contributed by atoms with Crippen LogP contribution in [0.25, 0.3) is 0 Å². The molecular formula is C14H19N2O8P. The number of phosphoric acid groups is 1. The number of rotatable bonds is 3. The first-order valence-electron chi connectivity index (χ1n) is 7.76. The lowest BCUT2D eigenvalue weighted by Gasteiger charge is -2.38. The van der Waals surface area contributed by atoms with Crippen molar-refractivity contribution in [3.63, 3.8) is 0 Å². The van der Waals surface area contributed by atoms with Crippen LogP contribution in [0.5, 0.6) is 0 Å². The number of nitrogens with one attached hydrogen (secondary N) is 1. The molecule has 1 unspecified atom stereocenters. The van der Waals surface area contributed by atoms with Crippen LogP contribution in [0.4, 0.5) is 4.79 Å². The second kappa shape index (κ2) is 6.36. The van der Waals surface area contributed by atoms with E-state index in [-0.39, 0.29) is 19.6 Å². The van der Waals surface area contributed by atoms with E-state index in [9.17, 15) is 19.3 Å². The molecule has 0 bridgehead atoms. The van der Waals surface area contributed by atoms with Gasteiger partial charge in [0.2, 0.25) is 5.91 Å². The van der Waals surface area contributed by atoms with Crippen molar-refractivity contribution < 1.29 is 37.6 Å². The summed E-state index contributed by atoms with van der Waals surface area (Å²) < 4.78 is 33.9. The number of fused-ring (bicyclic) bond motifs is 1. The summed E-state index contributed by atoms with van der Waals surface area (Å²) in [5.74, 6) is 1.74. The molecular weight excluding hydrogens is 355 g/mol. The number of imide groups is 1. The largest absolute Gasteiger partial charge is 0.475 e. The van der Waals surface area contributed by atoms with E-state index in [0.29, 0.717) is 0 Å². The number of carbonyl (C=O) groups is 2. The molecule has 0 aromatic rings. The summed E-state index contributed by atoms with van der Waals surface area (Å²) in [6, 6.07) is -0.740. The number of hydrogen-bond donors (Lipinski definition) is 2. The highest BCUT2D eigenvalue weighted by Gasteiger charge is 2.63. The van der Waals surface area contributed by atoms with E-state index in [1.54, 1.807) is 13.8 Å². The van der Waals surface area contributed by atoms with Gasteiger partial charge in [0.1, 0.15) is 12.2 Å². The molecule has 0 saturated carbocycles. The standard InChI is InChI=1S/C14H19N2O8P/c1-4-14(19)11-9(7-21-25(20,24-11)23-8(2)3)22-12(14)16-6-5-10(17)15-13(16)18/h1,8-9,11-12,19H,5-7H2,2-3H3,(H,15,17,18)/t9-,11-,12-,14-,25?/m1/s1. The van der Waals surface area contributed by atoms with Crippen molar-refractivity contribution in [3.8, 4) is 12.3 Å². The third-order valence-electron chi connectivity index (χ3n) is 4.03. The van der Waals surface area contributed by atoms with Crippen LogP contribution in [0, 0.1) is 12.3 Å². The smallest absolute Gasteiger partial charge is 0.371 e. The molecule has 3 amide bonds. The predicted molar refractivity (Wildman–Crippen MR) is 82.0 cm³/mol. The van der Waals surface area contributed by atoms with E-state index in [1.807, 2.05) is 0 Å². The van der Waals surface area contributed by atoms with Crippen molar-refractivity contribution in [1.29, 1.82) is 0 Å². The van der Waals surface area contributed by atoms with Crippen LogP contribution >= 0.6 is 7.82 Å². The number of nitrogens with zero attached hydrogens (tertiary/aromatic N) is 1. The summed E-state index contributed by atoms with van der Waals surface area (Å²) >= 11 is 0. The van der Waals surface area contributed by atoms with Crippen LogP contribution in [-0.4, -0.2) is 65.2 Å². The Morgan fingerprint density at radius 3 is 2.84 bits per heavy atom. The summed E-state index contributed by atoms with van der Waals surface area (Å²) in [5, 5.41) is 13.1. The lowest BCUT2D eigenvalue weighted by atomic mass is 9.94. The molecule has 0 spiro atoms. The van der Waals surface area contributed by atoms with Crippen LogP contribution in [0.15, 0.2) is 0 Å². The van der Waals surface area contributed by atoms with E-state index in [1.165, 1.54) is 0 Å². The van der Waals surface area contributed by atoms with Crippen molar-refractivity contribution in [1.82, 2.24) is 10.2 Å². The first-order valence-corrected chi connectivity index (χ1v) is 9.22. The van der Waals surface area contributed by atoms with Crippen LogP contribution in [0.3, 0.4) is 0 Å². The molecule has 3 heterocycles. The Labute approximate surface area is 144 Å². The summed E-state index contributed by atoms with van der Waals surface area (Å²) in [7, 11) is -3.93. The van der Waals surface area contributed by atoms with E-state index >= 15 is 0 Å². The highest BCUT2D eigenvalue weighted by molar-refractivity contribution is 7.48. The maximum atomic E-state index is 12.5. The molecule has 0 aromatic carbocycles. The Bertz CT molecular complexity index is 676. The highest BCUT2D eigenvalue weighted by atomic mass is 31.2. The zero-order valence-corrected chi connectivity index (χ0v) is 14.6. The monoisotopic (exact) mass is 374 g/mol. The molecule has 0 aliphatic carbocycles. The maximum Gasteiger partial charge on any atom is 0.475 e. The van der Waals surface area contributed by atoms with Crippen LogP contribution in [0.2, 0.25) is 0 Å².